The molecule has 0 aromatic heterocycles. The molecule has 4 rings (SSSR count). The minimum atomic E-state index is -0.658. The molecular weight excluding hydrogens is 660 g/mol. The normalized spacial score (nSPS) is 10.6. The molecule has 0 aliphatic carbocycles. The fraction of sp³-hybridized carbons (Fsp3) is 0.0667. The Morgan fingerprint density at radius 2 is 1.29 bits per heavy atom. The topological polar surface area (TPSA) is 113 Å². The summed E-state index contributed by atoms with van der Waals surface area (Å²) >= 11 is 6.65. The van der Waals surface area contributed by atoms with Gasteiger partial charge in [-0.05, 0) is 84.4 Å². The van der Waals surface area contributed by atoms with Crippen LogP contribution in [0.25, 0.3) is 0 Å². The Balaban J connectivity index is 1.47. The molecule has 9 nitrogen and oxygen atoms in total. The smallest absolute Gasteiger partial charge is 0.343 e. The summed E-state index contributed by atoms with van der Waals surface area (Å²) in [6, 6.07) is 24.7. The van der Waals surface area contributed by atoms with Crippen molar-refractivity contribution in [3.8, 4) is 23.0 Å². The predicted molar refractivity (Wildman–Crippen MR) is 159 cm³/mol. The Bertz CT molecular complexity index is 1570. The third-order valence-corrected chi connectivity index (χ3v) is 6.42. The number of hydrogen-bond acceptors (Lipinski definition) is 8. The van der Waals surface area contributed by atoms with Gasteiger partial charge in [0.05, 0.1) is 24.5 Å². The Labute approximate surface area is 252 Å². The molecule has 0 saturated carbocycles. The standard InChI is InChI=1S/C30H22Br2N2O7/c1-38-24-4-2-3-5-25(24)39-18-28(35)34-33-17-19-6-15-26(40-29(36)20-7-11-22(31)12-8-20)27(16-19)41-30(37)21-9-13-23(32)14-10-21/h2-17H,18H2,1H3,(H,34,35)/b33-17-. The maximum absolute atomic E-state index is 12.8. The van der Waals surface area contributed by atoms with Gasteiger partial charge in [-0.1, -0.05) is 44.0 Å². The first-order valence-corrected chi connectivity index (χ1v) is 13.6. The number of nitrogens with one attached hydrogen (secondary N) is 1. The number of hydrazone groups is 1. The first-order valence-electron chi connectivity index (χ1n) is 12.0. The summed E-state index contributed by atoms with van der Waals surface area (Å²) in [4.78, 5) is 37.8. The number of benzene rings is 4. The van der Waals surface area contributed by atoms with E-state index in [9.17, 15) is 14.4 Å². The van der Waals surface area contributed by atoms with Gasteiger partial charge < -0.3 is 18.9 Å². The zero-order chi connectivity index (χ0) is 29.2. The summed E-state index contributed by atoms with van der Waals surface area (Å²) in [5.74, 6) is -0.881. The van der Waals surface area contributed by atoms with Gasteiger partial charge in [-0.3, -0.25) is 4.79 Å². The molecule has 0 bridgehead atoms. The Hall–Kier alpha value is -4.48. The van der Waals surface area contributed by atoms with Gasteiger partial charge in [-0.2, -0.15) is 5.10 Å². The van der Waals surface area contributed by atoms with Gasteiger partial charge in [0, 0.05) is 8.95 Å². The molecule has 4 aromatic carbocycles. The first-order chi connectivity index (χ1) is 19.8. The summed E-state index contributed by atoms with van der Waals surface area (Å²) in [6.45, 7) is -0.293. The highest BCUT2D eigenvalue weighted by molar-refractivity contribution is 9.10. The van der Waals surface area contributed by atoms with Crippen LogP contribution in [0.5, 0.6) is 23.0 Å². The van der Waals surface area contributed by atoms with E-state index in [1.54, 1.807) is 78.9 Å². The van der Waals surface area contributed by atoms with Crippen LogP contribution in [0.15, 0.2) is 105 Å². The molecule has 0 heterocycles. The lowest BCUT2D eigenvalue weighted by Crippen LogP contribution is -2.24. The average Bonchev–Trinajstić information content (AvgIpc) is 2.98. The highest BCUT2D eigenvalue weighted by Crippen LogP contribution is 2.30. The number of carbonyl (C=O) groups excluding carboxylic acids is 3. The molecule has 0 saturated heterocycles. The number of rotatable bonds is 10. The number of para-hydroxylation sites is 2. The molecule has 0 fully saturated rings. The zero-order valence-electron chi connectivity index (χ0n) is 21.5. The summed E-state index contributed by atoms with van der Waals surface area (Å²) in [7, 11) is 1.50. The lowest BCUT2D eigenvalue weighted by atomic mass is 10.2. The molecule has 41 heavy (non-hydrogen) atoms. The summed E-state index contributed by atoms with van der Waals surface area (Å²) in [5.41, 5.74) is 3.42. The molecule has 1 N–H and O–H groups in total. The Kier molecular flexibility index (Phi) is 10.2. The van der Waals surface area contributed by atoms with Crippen molar-refractivity contribution in [1.29, 1.82) is 0 Å². The van der Waals surface area contributed by atoms with E-state index < -0.39 is 17.8 Å². The molecule has 0 unspecified atom stereocenters. The second kappa shape index (κ2) is 14.2. The van der Waals surface area contributed by atoms with Crippen LogP contribution in [0.2, 0.25) is 0 Å². The quantitative estimate of drug-likeness (QED) is 0.0920. The minimum absolute atomic E-state index is 0.0156. The number of esters is 2. The van der Waals surface area contributed by atoms with Gasteiger partial charge in [0.1, 0.15) is 0 Å². The molecule has 11 heteroatoms. The van der Waals surface area contributed by atoms with Crippen molar-refractivity contribution >= 4 is 55.9 Å². The van der Waals surface area contributed by atoms with E-state index in [0.717, 1.165) is 8.95 Å². The Morgan fingerprint density at radius 3 is 1.88 bits per heavy atom. The van der Waals surface area contributed by atoms with Crippen LogP contribution < -0.4 is 24.4 Å². The van der Waals surface area contributed by atoms with E-state index in [4.69, 9.17) is 18.9 Å². The van der Waals surface area contributed by atoms with Gasteiger partial charge in [-0.15, -0.1) is 0 Å². The molecule has 1 amide bonds. The second-order valence-electron chi connectivity index (χ2n) is 8.23. The van der Waals surface area contributed by atoms with Crippen LogP contribution in [0, 0.1) is 0 Å². The van der Waals surface area contributed by atoms with Crippen LogP contribution >= 0.6 is 31.9 Å². The Morgan fingerprint density at radius 1 is 0.732 bits per heavy atom. The molecule has 0 aliphatic heterocycles. The van der Waals surface area contributed by atoms with Crippen LogP contribution in [-0.2, 0) is 4.79 Å². The van der Waals surface area contributed by atoms with Gasteiger partial charge in [0.2, 0.25) is 0 Å². The number of ether oxygens (including phenoxy) is 4. The third-order valence-electron chi connectivity index (χ3n) is 5.36. The highest BCUT2D eigenvalue weighted by Gasteiger charge is 2.17. The summed E-state index contributed by atoms with van der Waals surface area (Å²) in [6.07, 6.45) is 1.35. The molecule has 0 spiro atoms. The predicted octanol–water partition coefficient (Wildman–Crippen LogP) is 6.19. The lowest BCUT2D eigenvalue weighted by molar-refractivity contribution is -0.123. The second-order valence-corrected chi connectivity index (χ2v) is 10.1. The number of nitrogens with zero attached hydrogens (tertiary/aromatic N) is 1. The van der Waals surface area contributed by atoms with Crippen molar-refractivity contribution in [2.45, 2.75) is 0 Å². The van der Waals surface area contributed by atoms with Crippen molar-refractivity contribution in [3.05, 3.63) is 117 Å². The maximum Gasteiger partial charge on any atom is 0.343 e. The molecule has 0 atom stereocenters. The number of hydrogen-bond donors (Lipinski definition) is 1. The van der Waals surface area contributed by atoms with E-state index >= 15 is 0 Å². The lowest BCUT2D eigenvalue weighted by Gasteiger charge is -2.12. The molecule has 0 radical (unpaired) electrons. The maximum atomic E-state index is 12.8. The van der Waals surface area contributed by atoms with Gasteiger partial charge in [0.15, 0.2) is 29.6 Å². The summed E-state index contributed by atoms with van der Waals surface area (Å²) < 4.78 is 23.4. The number of methoxy groups -OCH3 is 1. The third kappa shape index (κ3) is 8.50. The van der Waals surface area contributed by atoms with Crippen LogP contribution in [0.3, 0.4) is 0 Å². The molecule has 208 valence electrons. The molecule has 4 aromatic rings. The molecule has 0 aliphatic rings. The van der Waals surface area contributed by atoms with Gasteiger partial charge in [-0.25, -0.2) is 15.0 Å². The minimum Gasteiger partial charge on any atom is -0.493 e. The van der Waals surface area contributed by atoms with Crippen LogP contribution in [0.1, 0.15) is 26.3 Å². The van der Waals surface area contributed by atoms with E-state index in [1.807, 2.05) is 0 Å². The number of carbonyl (C=O) groups is 3. The van der Waals surface area contributed by atoms with E-state index in [2.05, 4.69) is 42.4 Å². The monoisotopic (exact) mass is 680 g/mol. The van der Waals surface area contributed by atoms with Crippen molar-refractivity contribution in [3.63, 3.8) is 0 Å². The van der Waals surface area contributed by atoms with Crippen LogP contribution in [-0.4, -0.2) is 37.8 Å². The number of amides is 1. The van der Waals surface area contributed by atoms with E-state index in [-0.39, 0.29) is 18.1 Å². The largest absolute Gasteiger partial charge is 0.493 e. The van der Waals surface area contributed by atoms with Gasteiger partial charge in [0.25, 0.3) is 5.91 Å². The number of halogens is 2. The van der Waals surface area contributed by atoms with Crippen molar-refractivity contribution in [2.24, 2.45) is 5.10 Å². The van der Waals surface area contributed by atoms with E-state index in [1.165, 1.54) is 25.5 Å². The van der Waals surface area contributed by atoms with Crippen molar-refractivity contribution < 1.29 is 33.3 Å². The van der Waals surface area contributed by atoms with Crippen LogP contribution in [0.4, 0.5) is 0 Å². The first kappa shape index (κ1) is 29.5. The van der Waals surface area contributed by atoms with Crippen molar-refractivity contribution in [1.82, 2.24) is 5.43 Å². The van der Waals surface area contributed by atoms with Crippen molar-refractivity contribution in [2.75, 3.05) is 13.7 Å². The fourth-order valence-electron chi connectivity index (χ4n) is 3.35. The van der Waals surface area contributed by atoms with E-state index in [0.29, 0.717) is 28.2 Å². The van der Waals surface area contributed by atoms with Gasteiger partial charge >= 0.3 is 11.9 Å². The average molecular weight is 682 g/mol. The zero-order valence-corrected chi connectivity index (χ0v) is 24.7. The summed E-state index contributed by atoms with van der Waals surface area (Å²) in [5, 5.41) is 3.94. The molecular formula is C30H22Br2N2O7. The fourth-order valence-corrected chi connectivity index (χ4v) is 3.88. The SMILES string of the molecule is COc1ccccc1OCC(=O)N/N=C\c1ccc(OC(=O)c2ccc(Br)cc2)c(OC(=O)c2ccc(Br)cc2)c1. The highest BCUT2D eigenvalue weighted by atomic mass is 79.9.